The van der Waals surface area contributed by atoms with Gasteiger partial charge in [-0.3, -0.25) is 0 Å². The molecule has 15 heteroatoms. The monoisotopic (exact) mass is 802 g/mol. The summed E-state index contributed by atoms with van der Waals surface area (Å²) < 4.78 is 43.8. The second kappa shape index (κ2) is 24.6. The van der Waals surface area contributed by atoms with Gasteiger partial charge in [-0.2, -0.15) is 0 Å². The third-order valence-electron chi connectivity index (χ3n) is 5.38. The van der Waals surface area contributed by atoms with Crippen molar-refractivity contribution in [1.29, 1.82) is 0 Å². The Morgan fingerprint density at radius 1 is 0.362 bits per heavy atom. The van der Waals surface area contributed by atoms with Crippen LogP contribution in [0.1, 0.15) is 0 Å². The van der Waals surface area contributed by atoms with Gasteiger partial charge in [0.15, 0.2) is 0 Å². The van der Waals surface area contributed by atoms with E-state index in [2.05, 4.69) is 0 Å². The quantitative estimate of drug-likeness (QED) is 0.0378. The molecule has 4 rings (SSSR count). The zero-order chi connectivity index (χ0) is 32.8. The molecule has 0 saturated carbocycles. The molecule has 4 aromatic rings. The van der Waals surface area contributed by atoms with Crippen LogP contribution >= 0.6 is 11.4 Å². The van der Waals surface area contributed by atoms with Crippen LogP contribution in [-0.4, -0.2) is 52.9 Å². The maximum atomic E-state index is 5.50. The molecule has 0 fully saturated rings. The van der Waals surface area contributed by atoms with Gasteiger partial charge in [0.2, 0.25) is 0 Å². The Balaban J connectivity index is 0.000000320. The minimum atomic E-state index is -2.68. The second-order valence-electron chi connectivity index (χ2n) is 8.87. The van der Waals surface area contributed by atoms with Crippen molar-refractivity contribution in [2.45, 2.75) is 0 Å². The van der Waals surface area contributed by atoms with E-state index in [0.717, 1.165) is 23.0 Å². The minimum absolute atomic E-state index is 0. The maximum Gasteiger partial charge on any atom is 2.00 e. The van der Waals surface area contributed by atoms with Crippen LogP contribution in [0, 0.1) is 0 Å². The van der Waals surface area contributed by atoms with Crippen LogP contribution in [0.15, 0.2) is 121 Å². The van der Waals surface area contributed by atoms with Crippen LogP contribution in [0.25, 0.3) is 0 Å². The molecule has 0 atom stereocenters. The standard InChI is InChI=1S/2C16H19O4PS2.Zn/c2*22-21(23,19-13-11-17-15-7-3-1-4-8-15)20-14-12-18-16-9-5-2-6-10-16;/h2*1-10H,11-14H2,(H,22,23);/q;;+2/p-2. The first kappa shape index (κ1) is 41.7. The van der Waals surface area contributed by atoms with Crippen LogP contribution in [0.4, 0.5) is 0 Å². The van der Waals surface area contributed by atoms with Crippen molar-refractivity contribution in [1.82, 2.24) is 0 Å². The molecule has 0 aliphatic carbocycles. The van der Waals surface area contributed by atoms with Crippen molar-refractivity contribution in [2.24, 2.45) is 0 Å². The van der Waals surface area contributed by atoms with Gasteiger partial charge in [0.1, 0.15) is 49.4 Å². The third kappa shape index (κ3) is 20.6. The van der Waals surface area contributed by atoms with Crippen molar-refractivity contribution in [2.75, 3.05) is 52.9 Å². The summed E-state index contributed by atoms with van der Waals surface area (Å²) in [6, 6.07) is 38.0. The summed E-state index contributed by atoms with van der Waals surface area (Å²) in [5.74, 6) is 3.13. The summed E-state index contributed by atoms with van der Waals surface area (Å²) in [4.78, 5) is 0. The Labute approximate surface area is 311 Å². The van der Waals surface area contributed by atoms with Crippen LogP contribution in [0.3, 0.4) is 0 Å². The number of para-hydroxylation sites is 4. The molecule has 0 aliphatic rings. The van der Waals surface area contributed by atoms with Gasteiger partial charge in [-0.1, -0.05) is 96.4 Å². The predicted octanol–water partition coefficient (Wildman–Crippen LogP) is 7.90. The summed E-state index contributed by atoms with van der Waals surface area (Å²) in [7, 11) is 0. The Hall–Kier alpha value is -1.46. The van der Waals surface area contributed by atoms with Crippen molar-refractivity contribution in [3.05, 3.63) is 121 Å². The number of hydrogen-bond donors (Lipinski definition) is 0. The van der Waals surface area contributed by atoms with Gasteiger partial charge in [-0.25, -0.2) is 0 Å². The number of hydrogen-bond acceptors (Lipinski definition) is 12. The first-order valence-electron chi connectivity index (χ1n) is 14.2. The SMILES string of the molecule is S=P([S-])(OCCOc1ccccc1)OCCOc1ccccc1.S=P([S-])(OCCOc1ccccc1)OCCOc1ccccc1.[Zn+2]. The number of benzene rings is 4. The first-order valence-corrected chi connectivity index (χ1v) is 21.5. The minimum Gasteiger partial charge on any atom is -0.691 e. The fourth-order valence-corrected chi connectivity index (χ4v) is 6.51. The topological polar surface area (TPSA) is 73.8 Å². The van der Waals surface area contributed by atoms with Crippen LogP contribution in [-0.2, 0) is 85.7 Å². The maximum absolute atomic E-state index is 5.50. The molecule has 47 heavy (non-hydrogen) atoms. The Bertz CT molecular complexity index is 1230. The Kier molecular flexibility index (Phi) is 21.9. The smallest absolute Gasteiger partial charge is 0.691 e. The Morgan fingerprint density at radius 3 is 0.745 bits per heavy atom. The molecule has 0 amide bonds. The van der Waals surface area contributed by atoms with Crippen molar-refractivity contribution < 1.29 is 56.5 Å². The normalized spacial score (nSPS) is 10.9. The summed E-state index contributed by atoms with van der Waals surface area (Å²) in [6.07, 6.45) is 0. The van der Waals surface area contributed by atoms with Gasteiger partial charge in [0, 0.05) is 0 Å². The molecule has 4 aromatic carbocycles. The van der Waals surface area contributed by atoms with Gasteiger partial charge in [0.05, 0.1) is 37.8 Å². The van der Waals surface area contributed by atoms with E-state index in [-0.39, 0.29) is 19.5 Å². The van der Waals surface area contributed by atoms with E-state index in [1.165, 1.54) is 0 Å². The predicted molar refractivity (Wildman–Crippen MR) is 195 cm³/mol. The molecule has 0 heterocycles. The molecule has 0 unspecified atom stereocenters. The zero-order valence-corrected chi connectivity index (χ0v) is 33.7. The summed E-state index contributed by atoms with van der Waals surface area (Å²) in [6.45, 7) is 2.71. The van der Waals surface area contributed by atoms with Crippen molar-refractivity contribution >= 4 is 59.5 Å². The van der Waals surface area contributed by atoms with E-state index >= 15 is 0 Å². The van der Waals surface area contributed by atoms with Gasteiger partial charge in [-0.05, 0) is 48.5 Å². The van der Waals surface area contributed by atoms with E-state index in [1.807, 2.05) is 121 Å². The van der Waals surface area contributed by atoms with Crippen molar-refractivity contribution in [3.63, 3.8) is 0 Å². The average Bonchev–Trinajstić information content (AvgIpc) is 3.08. The molecule has 0 saturated heterocycles. The first-order chi connectivity index (χ1) is 22.3. The summed E-state index contributed by atoms with van der Waals surface area (Å²) >= 11 is 20.7. The Morgan fingerprint density at radius 2 is 0.553 bits per heavy atom. The molecule has 0 aromatic heterocycles. The molecular weight excluding hydrogens is 768 g/mol. The molecule has 0 N–H and O–H groups in total. The number of ether oxygens (including phenoxy) is 4. The van der Waals surface area contributed by atoms with E-state index in [1.54, 1.807) is 0 Å². The number of rotatable bonds is 20. The fraction of sp³-hybridized carbons (Fsp3) is 0.250. The van der Waals surface area contributed by atoms with E-state index in [4.69, 9.17) is 85.2 Å². The molecule has 248 valence electrons. The van der Waals surface area contributed by atoms with Gasteiger partial charge in [-0.15, -0.1) is 0 Å². The molecule has 0 bridgehead atoms. The van der Waals surface area contributed by atoms with Crippen LogP contribution in [0.5, 0.6) is 23.0 Å². The summed E-state index contributed by atoms with van der Waals surface area (Å²) in [5.41, 5.74) is -5.36. The van der Waals surface area contributed by atoms with Gasteiger partial charge >= 0.3 is 19.5 Å². The molecule has 0 radical (unpaired) electrons. The molecule has 8 nitrogen and oxygen atoms in total. The second-order valence-corrected chi connectivity index (χ2v) is 18.9. The average molecular weight is 804 g/mol. The van der Waals surface area contributed by atoms with E-state index < -0.39 is 11.4 Å². The molecule has 0 spiro atoms. The zero-order valence-electron chi connectivity index (χ0n) is 25.7. The van der Waals surface area contributed by atoms with Crippen LogP contribution < -0.4 is 18.9 Å². The van der Waals surface area contributed by atoms with Gasteiger partial charge < -0.3 is 61.5 Å². The van der Waals surface area contributed by atoms with E-state index in [0.29, 0.717) is 52.9 Å². The molecular formula is C32H36O8P2S4Zn. The van der Waals surface area contributed by atoms with Crippen molar-refractivity contribution in [3.8, 4) is 23.0 Å². The molecule has 0 aliphatic heterocycles. The van der Waals surface area contributed by atoms with E-state index in [9.17, 15) is 0 Å². The largest absolute Gasteiger partial charge is 2.00 e. The van der Waals surface area contributed by atoms with Gasteiger partial charge in [0.25, 0.3) is 0 Å². The fourth-order valence-electron chi connectivity index (χ4n) is 3.38. The van der Waals surface area contributed by atoms with Crippen LogP contribution in [0.2, 0.25) is 0 Å². The third-order valence-corrected chi connectivity index (χ3v) is 9.90. The summed E-state index contributed by atoms with van der Waals surface area (Å²) in [5, 5.41) is 0.